The molecule has 0 saturated carbocycles. The normalized spacial score (nSPS) is 18.2. The van der Waals surface area contributed by atoms with Crippen LogP contribution < -0.4 is 4.74 Å². The Bertz CT molecular complexity index is 584. The predicted molar refractivity (Wildman–Crippen MR) is 79.0 cm³/mol. The molecule has 1 unspecified atom stereocenters. The number of benzene rings is 1. The number of rotatable bonds is 4. The number of aromatic amines is 1. The summed E-state index contributed by atoms with van der Waals surface area (Å²) >= 11 is 0. The highest BCUT2D eigenvalue weighted by Gasteiger charge is 2.25. The van der Waals surface area contributed by atoms with Gasteiger partial charge >= 0.3 is 0 Å². The lowest BCUT2D eigenvalue weighted by Gasteiger charge is -2.32. The molecule has 19 heavy (non-hydrogen) atoms. The Labute approximate surface area is 114 Å². The van der Waals surface area contributed by atoms with Gasteiger partial charge < -0.3 is 14.6 Å². The zero-order valence-corrected chi connectivity index (χ0v) is 12.0. The standard InChI is InChI=1S/C16H22N2O/c1-4-18(5-2)13-6-11-8-14(19-3)9-15-16(11)12(7-13)10-17-15/h8-10,13,17H,4-7H2,1-3H3. The fraction of sp³-hybridized carbons (Fsp3) is 0.500. The zero-order chi connectivity index (χ0) is 13.4. The third-order valence-corrected chi connectivity index (χ3v) is 4.39. The summed E-state index contributed by atoms with van der Waals surface area (Å²) in [5.74, 6) is 0.955. The first-order valence-corrected chi connectivity index (χ1v) is 7.17. The number of hydrogen-bond donors (Lipinski definition) is 1. The summed E-state index contributed by atoms with van der Waals surface area (Å²) in [6.07, 6.45) is 4.45. The second-order valence-corrected chi connectivity index (χ2v) is 5.31. The molecule has 1 aliphatic rings. The van der Waals surface area contributed by atoms with Gasteiger partial charge in [-0.2, -0.15) is 0 Å². The molecule has 2 aromatic rings. The fourth-order valence-corrected chi connectivity index (χ4v) is 3.42. The summed E-state index contributed by atoms with van der Waals surface area (Å²) in [5, 5.41) is 1.42. The van der Waals surface area contributed by atoms with Crippen LogP contribution in [0.1, 0.15) is 25.0 Å². The molecule has 0 radical (unpaired) electrons. The summed E-state index contributed by atoms with van der Waals surface area (Å²) in [4.78, 5) is 5.95. The van der Waals surface area contributed by atoms with Crippen molar-refractivity contribution in [2.45, 2.75) is 32.7 Å². The van der Waals surface area contributed by atoms with Gasteiger partial charge in [-0.25, -0.2) is 0 Å². The largest absolute Gasteiger partial charge is 0.497 e. The highest BCUT2D eigenvalue weighted by atomic mass is 16.5. The lowest BCUT2D eigenvalue weighted by Crippen LogP contribution is -2.39. The number of H-pyrrole nitrogens is 1. The van der Waals surface area contributed by atoms with Gasteiger partial charge in [0.2, 0.25) is 0 Å². The first kappa shape index (κ1) is 12.5. The maximum atomic E-state index is 5.41. The smallest absolute Gasteiger partial charge is 0.121 e. The van der Waals surface area contributed by atoms with E-state index in [4.69, 9.17) is 4.74 Å². The number of nitrogens with zero attached hydrogens (tertiary/aromatic N) is 1. The quantitative estimate of drug-likeness (QED) is 0.913. The molecule has 1 aromatic carbocycles. The Morgan fingerprint density at radius 3 is 2.63 bits per heavy atom. The Balaban J connectivity index is 2.04. The lowest BCUT2D eigenvalue weighted by molar-refractivity contribution is 0.212. The van der Waals surface area contributed by atoms with Crippen molar-refractivity contribution in [1.29, 1.82) is 0 Å². The second-order valence-electron chi connectivity index (χ2n) is 5.31. The number of ether oxygens (including phenoxy) is 1. The van der Waals surface area contributed by atoms with Crippen molar-refractivity contribution in [3.63, 3.8) is 0 Å². The number of likely N-dealkylation sites (N-methyl/N-ethyl adjacent to an activating group) is 1. The molecule has 3 heteroatoms. The fourth-order valence-electron chi connectivity index (χ4n) is 3.42. The molecule has 3 rings (SSSR count). The van der Waals surface area contributed by atoms with Crippen LogP contribution >= 0.6 is 0 Å². The summed E-state index contributed by atoms with van der Waals surface area (Å²) in [6.45, 7) is 6.73. The molecule has 0 saturated heterocycles. The summed E-state index contributed by atoms with van der Waals surface area (Å²) in [5.41, 5.74) is 4.09. The Kier molecular flexibility index (Phi) is 3.23. The van der Waals surface area contributed by atoms with E-state index >= 15 is 0 Å². The molecule has 1 aromatic heterocycles. The predicted octanol–water partition coefficient (Wildman–Crippen LogP) is 2.99. The van der Waals surface area contributed by atoms with Crippen molar-refractivity contribution in [3.05, 3.63) is 29.5 Å². The van der Waals surface area contributed by atoms with Gasteiger partial charge in [0.1, 0.15) is 5.75 Å². The molecule has 1 N–H and O–H groups in total. The van der Waals surface area contributed by atoms with Crippen LogP contribution in [0.25, 0.3) is 10.9 Å². The number of nitrogens with one attached hydrogen (secondary N) is 1. The van der Waals surface area contributed by atoms with E-state index in [0.29, 0.717) is 6.04 Å². The number of aromatic nitrogens is 1. The molecular weight excluding hydrogens is 236 g/mol. The van der Waals surface area contributed by atoms with Crippen LogP contribution in [0.4, 0.5) is 0 Å². The Hall–Kier alpha value is -1.48. The minimum absolute atomic E-state index is 0.619. The van der Waals surface area contributed by atoms with E-state index in [-0.39, 0.29) is 0 Å². The van der Waals surface area contributed by atoms with Gasteiger partial charge in [0.15, 0.2) is 0 Å². The van der Waals surface area contributed by atoms with Crippen LogP contribution in [0.5, 0.6) is 5.75 Å². The average molecular weight is 258 g/mol. The van der Waals surface area contributed by atoms with Crippen LogP contribution in [0.2, 0.25) is 0 Å². The van der Waals surface area contributed by atoms with Crippen LogP contribution in [0.3, 0.4) is 0 Å². The molecule has 0 amide bonds. The molecule has 102 valence electrons. The van der Waals surface area contributed by atoms with E-state index in [2.05, 4.69) is 42.1 Å². The zero-order valence-electron chi connectivity index (χ0n) is 12.0. The molecule has 0 fully saturated rings. The van der Waals surface area contributed by atoms with Crippen LogP contribution in [-0.2, 0) is 12.8 Å². The van der Waals surface area contributed by atoms with Crippen molar-refractivity contribution in [3.8, 4) is 5.75 Å². The van der Waals surface area contributed by atoms with Gasteiger partial charge in [0, 0.05) is 29.2 Å². The van der Waals surface area contributed by atoms with Gasteiger partial charge in [0.25, 0.3) is 0 Å². The van der Waals surface area contributed by atoms with E-state index in [1.165, 1.54) is 22.0 Å². The summed E-state index contributed by atoms with van der Waals surface area (Å²) in [6, 6.07) is 4.92. The lowest BCUT2D eigenvalue weighted by atomic mass is 9.88. The monoisotopic (exact) mass is 258 g/mol. The molecular formula is C16H22N2O. The van der Waals surface area contributed by atoms with Crippen LogP contribution in [0, 0.1) is 0 Å². The summed E-state index contributed by atoms with van der Waals surface area (Å²) in [7, 11) is 1.74. The maximum absolute atomic E-state index is 5.41. The van der Waals surface area contributed by atoms with Gasteiger partial charge in [-0.15, -0.1) is 0 Å². The number of hydrogen-bond acceptors (Lipinski definition) is 2. The number of methoxy groups -OCH3 is 1. The third-order valence-electron chi connectivity index (χ3n) is 4.39. The van der Waals surface area contributed by atoms with Crippen LogP contribution in [0.15, 0.2) is 18.3 Å². The van der Waals surface area contributed by atoms with Crippen molar-refractivity contribution in [2.24, 2.45) is 0 Å². The van der Waals surface area contributed by atoms with Crippen molar-refractivity contribution in [1.82, 2.24) is 9.88 Å². The molecule has 3 nitrogen and oxygen atoms in total. The second kappa shape index (κ2) is 4.89. The highest BCUT2D eigenvalue weighted by Crippen LogP contribution is 2.34. The maximum Gasteiger partial charge on any atom is 0.121 e. The molecule has 1 atom stereocenters. The average Bonchev–Trinajstić information content (AvgIpc) is 2.84. The molecule has 0 bridgehead atoms. The third kappa shape index (κ3) is 2.02. The van der Waals surface area contributed by atoms with E-state index in [0.717, 1.165) is 31.7 Å². The van der Waals surface area contributed by atoms with Crippen LogP contribution in [-0.4, -0.2) is 36.1 Å². The Morgan fingerprint density at radius 2 is 1.95 bits per heavy atom. The van der Waals surface area contributed by atoms with E-state index in [1.54, 1.807) is 7.11 Å². The van der Waals surface area contributed by atoms with Gasteiger partial charge in [0.05, 0.1) is 7.11 Å². The van der Waals surface area contributed by atoms with E-state index in [9.17, 15) is 0 Å². The van der Waals surface area contributed by atoms with E-state index < -0.39 is 0 Å². The van der Waals surface area contributed by atoms with E-state index in [1.807, 2.05) is 0 Å². The molecule has 0 spiro atoms. The molecule has 1 heterocycles. The van der Waals surface area contributed by atoms with Gasteiger partial charge in [-0.3, -0.25) is 0 Å². The van der Waals surface area contributed by atoms with Crippen molar-refractivity contribution in [2.75, 3.05) is 20.2 Å². The summed E-state index contributed by atoms with van der Waals surface area (Å²) < 4.78 is 5.41. The topological polar surface area (TPSA) is 28.3 Å². The molecule has 1 aliphatic carbocycles. The Morgan fingerprint density at radius 1 is 1.21 bits per heavy atom. The first-order chi connectivity index (χ1) is 9.26. The SMILES string of the molecule is CCN(CC)C1Cc2c[nH]c3cc(OC)cc(c23)C1. The van der Waals surface area contributed by atoms with Gasteiger partial charge in [-0.05, 0) is 43.1 Å². The van der Waals surface area contributed by atoms with Crippen molar-refractivity contribution >= 4 is 10.9 Å². The minimum Gasteiger partial charge on any atom is -0.497 e. The van der Waals surface area contributed by atoms with Crippen molar-refractivity contribution < 1.29 is 4.74 Å². The highest BCUT2D eigenvalue weighted by molar-refractivity contribution is 5.89. The van der Waals surface area contributed by atoms with Gasteiger partial charge in [-0.1, -0.05) is 13.8 Å². The minimum atomic E-state index is 0.619. The first-order valence-electron chi connectivity index (χ1n) is 7.17. The molecule has 0 aliphatic heterocycles.